The molecule has 0 fully saturated rings. The van der Waals surface area contributed by atoms with Crippen LogP contribution in [0.4, 0.5) is 21.6 Å². The summed E-state index contributed by atoms with van der Waals surface area (Å²) in [5.41, 5.74) is 1.95. The molecule has 186 valence electrons. The molecular formula is C27H40FN5O. The lowest BCUT2D eigenvalue weighted by atomic mass is 9.96. The average molecular weight is 470 g/mol. The molecule has 0 saturated heterocycles. The summed E-state index contributed by atoms with van der Waals surface area (Å²) in [7, 11) is 0. The van der Waals surface area contributed by atoms with Gasteiger partial charge in [0.15, 0.2) is 5.82 Å². The van der Waals surface area contributed by atoms with Crippen molar-refractivity contribution in [2.75, 3.05) is 36.0 Å². The van der Waals surface area contributed by atoms with Gasteiger partial charge in [-0.1, -0.05) is 33.1 Å². The van der Waals surface area contributed by atoms with Gasteiger partial charge >= 0.3 is 0 Å². The first-order valence-electron chi connectivity index (χ1n) is 12.8. The van der Waals surface area contributed by atoms with E-state index in [0.717, 1.165) is 24.6 Å². The lowest BCUT2D eigenvalue weighted by Gasteiger charge is -2.40. The molecule has 0 bridgehead atoms. The summed E-state index contributed by atoms with van der Waals surface area (Å²) < 4.78 is 14.3. The number of halogens is 1. The first kappa shape index (κ1) is 25.9. The van der Waals surface area contributed by atoms with E-state index in [2.05, 4.69) is 33.6 Å². The number of rotatable bonds is 11. The smallest absolute Gasteiger partial charge is 0.256 e. The molecule has 1 aliphatic rings. The zero-order chi connectivity index (χ0) is 24.7. The van der Waals surface area contributed by atoms with Gasteiger partial charge in [-0.15, -0.1) is 0 Å². The van der Waals surface area contributed by atoms with Crippen molar-refractivity contribution in [1.29, 1.82) is 0 Å². The monoisotopic (exact) mass is 469 g/mol. The standard InChI is InChI=1S/C27H40FN5O/c1-6-9-11-21(10-7-2)18-31-14-15-33(25-17-29-19-30-26(25)31)24-13-12-22(28)16-23(24)27(34)32(8-3)20(4)5/h12-13,16-17,19-21H,6-11,14-15,18H2,1-5H3. The molecule has 1 atom stereocenters. The summed E-state index contributed by atoms with van der Waals surface area (Å²) in [5, 5.41) is 0. The number of hydrogen-bond acceptors (Lipinski definition) is 5. The number of carbonyl (C=O) groups is 1. The van der Waals surface area contributed by atoms with Crippen molar-refractivity contribution in [3.63, 3.8) is 0 Å². The number of amides is 1. The molecule has 0 spiro atoms. The molecule has 1 aromatic carbocycles. The number of anilines is 3. The van der Waals surface area contributed by atoms with E-state index in [1.54, 1.807) is 17.3 Å². The minimum absolute atomic E-state index is 0.0275. The van der Waals surface area contributed by atoms with Crippen LogP contribution in [0.1, 0.15) is 77.1 Å². The van der Waals surface area contributed by atoms with Crippen molar-refractivity contribution < 1.29 is 9.18 Å². The molecule has 2 aromatic rings. The molecular weight excluding hydrogens is 429 g/mol. The van der Waals surface area contributed by atoms with Crippen LogP contribution in [0.15, 0.2) is 30.7 Å². The fourth-order valence-electron chi connectivity index (χ4n) is 4.98. The number of aromatic nitrogens is 2. The van der Waals surface area contributed by atoms with E-state index in [1.807, 2.05) is 27.0 Å². The Morgan fingerprint density at radius 3 is 2.59 bits per heavy atom. The number of fused-ring (bicyclic) bond motifs is 1. The van der Waals surface area contributed by atoms with Gasteiger partial charge in [0.25, 0.3) is 5.91 Å². The van der Waals surface area contributed by atoms with Gasteiger partial charge in [-0.05, 0) is 57.7 Å². The van der Waals surface area contributed by atoms with Gasteiger partial charge in [0.2, 0.25) is 0 Å². The minimum atomic E-state index is -0.409. The summed E-state index contributed by atoms with van der Waals surface area (Å²) in [4.78, 5) is 28.6. The largest absolute Gasteiger partial charge is 0.353 e. The molecule has 1 aliphatic heterocycles. The molecule has 1 aromatic heterocycles. The zero-order valence-electron chi connectivity index (χ0n) is 21.4. The molecule has 0 aliphatic carbocycles. The molecule has 6 nitrogen and oxygen atoms in total. The lowest BCUT2D eigenvalue weighted by Crippen LogP contribution is -2.43. The number of hydrogen-bond donors (Lipinski definition) is 0. The first-order valence-corrected chi connectivity index (χ1v) is 12.8. The van der Waals surface area contributed by atoms with Crippen LogP contribution in [-0.4, -0.2) is 53.0 Å². The maximum atomic E-state index is 14.3. The van der Waals surface area contributed by atoms with Gasteiger partial charge < -0.3 is 14.7 Å². The fourth-order valence-corrected chi connectivity index (χ4v) is 4.98. The van der Waals surface area contributed by atoms with Crippen molar-refractivity contribution in [2.24, 2.45) is 5.92 Å². The SMILES string of the molecule is CCCCC(CCC)CN1CCN(c2ccc(F)cc2C(=O)N(CC)C(C)C)c2cncnc21. The predicted molar refractivity (Wildman–Crippen MR) is 137 cm³/mol. The molecule has 34 heavy (non-hydrogen) atoms. The Morgan fingerprint density at radius 1 is 1.12 bits per heavy atom. The van der Waals surface area contributed by atoms with E-state index in [0.29, 0.717) is 30.3 Å². The van der Waals surface area contributed by atoms with Gasteiger partial charge in [0.05, 0.1) is 17.4 Å². The molecule has 0 radical (unpaired) electrons. The van der Waals surface area contributed by atoms with E-state index in [9.17, 15) is 9.18 Å². The Labute approximate surface area is 204 Å². The molecule has 1 amide bonds. The highest BCUT2D eigenvalue weighted by molar-refractivity contribution is 6.01. The van der Waals surface area contributed by atoms with E-state index < -0.39 is 5.82 Å². The second-order valence-electron chi connectivity index (χ2n) is 9.47. The highest BCUT2D eigenvalue weighted by Gasteiger charge is 2.30. The summed E-state index contributed by atoms with van der Waals surface area (Å²) >= 11 is 0. The topological polar surface area (TPSA) is 52.6 Å². The quantitative estimate of drug-likeness (QED) is 0.401. The van der Waals surface area contributed by atoms with E-state index in [-0.39, 0.29) is 11.9 Å². The second kappa shape index (κ2) is 12.1. The van der Waals surface area contributed by atoms with Gasteiger partial charge in [-0.25, -0.2) is 14.4 Å². The van der Waals surface area contributed by atoms with E-state index >= 15 is 0 Å². The van der Waals surface area contributed by atoms with Gasteiger partial charge in [0, 0.05) is 32.2 Å². The Balaban J connectivity index is 1.96. The van der Waals surface area contributed by atoms with Gasteiger partial charge in [0.1, 0.15) is 17.8 Å². The Kier molecular flexibility index (Phi) is 9.25. The molecule has 7 heteroatoms. The maximum absolute atomic E-state index is 14.3. The molecule has 1 unspecified atom stereocenters. The lowest BCUT2D eigenvalue weighted by molar-refractivity contribution is 0.0717. The predicted octanol–water partition coefficient (Wildman–Crippen LogP) is 6.05. The van der Waals surface area contributed by atoms with Crippen molar-refractivity contribution in [2.45, 2.75) is 72.8 Å². The van der Waals surface area contributed by atoms with Crippen molar-refractivity contribution >= 4 is 23.1 Å². The third-order valence-electron chi connectivity index (χ3n) is 6.70. The van der Waals surface area contributed by atoms with Crippen molar-refractivity contribution in [3.8, 4) is 0 Å². The molecule has 2 heterocycles. The highest BCUT2D eigenvalue weighted by atomic mass is 19.1. The Morgan fingerprint density at radius 2 is 1.91 bits per heavy atom. The number of nitrogens with zero attached hydrogens (tertiary/aromatic N) is 5. The zero-order valence-corrected chi connectivity index (χ0v) is 21.4. The number of unbranched alkanes of at least 4 members (excludes halogenated alkanes) is 1. The normalized spacial score (nSPS) is 14.3. The highest BCUT2D eigenvalue weighted by Crippen LogP contribution is 2.38. The van der Waals surface area contributed by atoms with Gasteiger partial charge in [-0.3, -0.25) is 4.79 Å². The molecule has 3 rings (SSSR count). The number of benzene rings is 1. The van der Waals surface area contributed by atoms with Gasteiger partial charge in [-0.2, -0.15) is 0 Å². The van der Waals surface area contributed by atoms with Crippen molar-refractivity contribution in [3.05, 3.63) is 42.1 Å². The van der Waals surface area contributed by atoms with Crippen LogP contribution in [0.25, 0.3) is 0 Å². The van der Waals surface area contributed by atoms with E-state index in [1.165, 1.54) is 44.2 Å². The number of carbonyl (C=O) groups excluding carboxylic acids is 1. The summed E-state index contributed by atoms with van der Waals surface area (Å²) in [6.45, 7) is 13.4. The molecule has 0 N–H and O–H groups in total. The van der Waals surface area contributed by atoms with E-state index in [4.69, 9.17) is 0 Å². The Hall–Kier alpha value is -2.70. The second-order valence-corrected chi connectivity index (χ2v) is 9.47. The third kappa shape index (κ3) is 5.86. The first-order chi connectivity index (χ1) is 16.4. The maximum Gasteiger partial charge on any atom is 0.256 e. The fraction of sp³-hybridized carbons (Fsp3) is 0.593. The Bertz CT molecular complexity index is 950. The van der Waals surface area contributed by atoms with Crippen LogP contribution in [0, 0.1) is 11.7 Å². The van der Waals surface area contributed by atoms with Crippen LogP contribution >= 0.6 is 0 Å². The van der Waals surface area contributed by atoms with Crippen LogP contribution in [0.2, 0.25) is 0 Å². The summed E-state index contributed by atoms with van der Waals surface area (Å²) in [6, 6.07) is 4.53. The van der Waals surface area contributed by atoms with Crippen LogP contribution < -0.4 is 9.80 Å². The summed E-state index contributed by atoms with van der Waals surface area (Å²) in [6.07, 6.45) is 9.46. The molecule has 0 saturated carbocycles. The van der Waals surface area contributed by atoms with Crippen LogP contribution in [0.3, 0.4) is 0 Å². The van der Waals surface area contributed by atoms with Crippen LogP contribution in [0.5, 0.6) is 0 Å². The van der Waals surface area contributed by atoms with Crippen LogP contribution in [-0.2, 0) is 0 Å². The summed E-state index contributed by atoms with van der Waals surface area (Å²) in [5.74, 6) is 0.952. The third-order valence-corrected chi connectivity index (χ3v) is 6.70. The minimum Gasteiger partial charge on any atom is -0.353 e. The van der Waals surface area contributed by atoms with Crippen molar-refractivity contribution in [1.82, 2.24) is 14.9 Å². The average Bonchev–Trinajstić information content (AvgIpc) is 2.83.